The lowest BCUT2D eigenvalue weighted by Crippen LogP contribution is -2.62. The van der Waals surface area contributed by atoms with E-state index in [0.717, 1.165) is 6.42 Å². The Morgan fingerprint density at radius 2 is 1.81 bits per heavy atom. The molecule has 0 radical (unpaired) electrons. The van der Waals surface area contributed by atoms with Crippen LogP contribution in [0.2, 0.25) is 0 Å². The summed E-state index contributed by atoms with van der Waals surface area (Å²) in [6, 6.07) is 0. The molecule has 0 aromatic carbocycles. The van der Waals surface area contributed by atoms with E-state index in [1.54, 1.807) is 20.8 Å². The van der Waals surface area contributed by atoms with Crippen LogP contribution in [0.15, 0.2) is 0 Å². The quantitative estimate of drug-likeness (QED) is 0.665. The first-order valence-electron chi connectivity index (χ1n) is 5.13. The fourth-order valence-electron chi connectivity index (χ4n) is 1.58. The van der Waals surface area contributed by atoms with Crippen molar-refractivity contribution < 1.29 is 18.3 Å². The van der Waals surface area contributed by atoms with Gasteiger partial charge in [0.1, 0.15) is 5.54 Å². The summed E-state index contributed by atoms with van der Waals surface area (Å²) in [6.45, 7) is 5.08. The van der Waals surface area contributed by atoms with Crippen LogP contribution in [0.1, 0.15) is 40.0 Å². The Morgan fingerprint density at radius 3 is 2.06 bits per heavy atom. The van der Waals surface area contributed by atoms with E-state index in [2.05, 4.69) is 9.44 Å². The molecule has 0 aliphatic heterocycles. The molecule has 0 spiro atoms. The highest BCUT2D eigenvalue weighted by Crippen LogP contribution is 2.32. The molecule has 1 rings (SSSR count). The van der Waals surface area contributed by atoms with Crippen LogP contribution in [0, 0.1) is 0 Å². The summed E-state index contributed by atoms with van der Waals surface area (Å²) < 4.78 is 27.9. The van der Waals surface area contributed by atoms with Crippen molar-refractivity contribution in [1.29, 1.82) is 0 Å². The SMILES string of the molecule is CC(C)(C)NS(=O)(=O)NC1(C(=O)O)CCC1. The van der Waals surface area contributed by atoms with Crippen molar-refractivity contribution in [2.45, 2.75) is 51.1 Å². The van der Waals surface area contributed by atoms with Gasteiger partial charge in [0.05, 0.1) is 0 Å². The van der Waals surface area contributed by atoms with E-state index in [-0.39, 0.29) is 0 Å². The van der Waals surface area contributed by atoms with Gasteiger partial charge in [-0.25, -0.2) is 0 Å². The molecule has 6 nitrogen and oxygen atoms in total. The number of hydrogen-bond acceptors (Lipinski definition) is 3. The number of carboxylic acids is 1. The average Bonchev–Trinajstić information content (AvgIpc) is 1.90. The highest BCUT2D eigenvalue weighted by molar-refractivity contribution is 7.87. The molecule has 3 N–H and O–H groups in total. The molecule has 0 unspecified atom stereocenters. The van der Waals surface area contributed by atoms with Gasteiger partial charge in [-0.05, 0) is 40.0 Å². The highest BCUT2D eigenvalue weighted by atomic mass is 32.2. The van der Waals surface area contributed by atoms with Crippen molar-refractivity contribution in [3.63, 3.8) is 0 Å². The Labute approximate surface area is 95.6 Å². The van der Waals surface area contributed by atoms with Crippen LogP contribution in [0.5, 0.6) is 0 Å². The zero-order chi connectivity index (χ0) is 12.6. The first-order chi connectivity index (χ1) is 7.06. The lowest BCUT2D eigenvalue weighted by molar-refractivity contribution is -0.147. The number of nitrogens with one attached hydrogen (secondary N) is 2. The van der Waals surface area contributed by atoms with Crippen LogP contribution in [-0.2, 0) is 15.0 Å². The third-order valence-corrected chi connectivity index (χ3v) is 3.93. The molecule has 0 bridgehead atoms. The fraction of sp³-hybridized carbons (Fsp3) is 0.889. The van der Waals surface area contributed by atoms with Gasteiger partial charge in [0, 0.05) is 5.54 Å². The van der Waals surface area contributed by atoms with Crippen molar-refractivity contribution >= 4 is 16.2 Å². The maximum atomic E-state index is 11.7. The monoisotopic (exact) mass is 250 g/mol. The molecule has 7 heteroatoms. The van der Waals surface area contributed by atoms with Gasteiger partial charge in [0.25, 0.3) is 10.2 Å². The molecule has 0 saturated heterocycles. The van der Waals surface area contributed by atoms with Crippen LogP contribution in [0.25, 0.3) is 0 Å². The first kappa shape index (κ1) is 13.4. The van der Waals surface area contributed by atoms with E-state index in [9.17, 15) is 13.2 Å². The van der Waals surface area contributed by atoms with Crippen LogP contribution in [0.3, 0.4) is 0 Å². The van der Waals surface area contributed by atoms with Gasteiger partial charge in [0.15, 0.2) is 0 Å². The third-order valence-electron chi connectivity index (χ3n) is 2.39. The number of carbonyl (C=O) groups is 1. The molecular weight excluding hydrogens is 232 g/mol. The van der Waals surface area contributed by atoms with E-state index in [4.69, 9.17) is 5.11 Å². The standard InChI is InChI=1S/C9H18N2O4S/c1-8(2,3)10-16(14,15)11-9(7(12)13)5-4-6-9/h10-11H,4-6H2,1-3H3,(H,12,13). The highest BCUT2D eigenvalue weighted by Gasteiger charge is 2.47. The van der Waals surface area contributed by atoms with Gasteiger partial charge >= 0.3 is 5.97 Å². The molecule has 0 aromatic rings. The van der Waals surface area contributed by atoms with Crippen LogP contribution < -0.4 is 9.44 Å². The predicted octanol–water partition coefficient (Wildman–Crippen LogP) is 0.216. The zero-order valence-corrected chi connectivity index (χ0v) is 10.5. The third kappa shape index (κ3) is 3.16. The molecule has 0 aromatic heterocycles. The smallest absolute Gasteiger partial charge is 0.324 e. The largest absolute Gasteiger partial charge is 0.480 e. The minimum absolute atomic E-state index is 0.341. The van der Waals surface area contributed by atoms with Crippen molar-refractivity contribution in [1.82, 2.24) is 9.44 Å². The van der Waals surface area contributed by atoms with Gasteiger partial charge in [0.2, 0.25) is 0 Å². The molecule has 0 amide bonds. The summed E-state index contributed by atoms with van der Waals surface area (Å²) in [7, 11) is -3.78. The normalized spacial score (nSPS) is 20.2. The van der Waals surface area contributed by atoms with E-state index in [0.29, 0.717) is 12.8 Å². The van der Waals surface area contributed by atoms with Crippen molar-refractivity contribution in [3.8, 4) is 0 Å². The Morgan fingerprint density at radius 1 is 1.31 bits per heavy atom. The average molecular weight is 250 g/mol. The molecular formula is C9H18N2O4S. The van der Waals surface area contributed by atoms with E-state index in [1.807, 2.05) is 0 Å². The van der Waals surface area contributed by atoms with Crippen LogP contribution >= 0.6 is 0 Å². The molecule has 1 aliphatic carbocycles. The summed E-state index contributed by atoms with van der Waals surface area (Å²) >= 11 is 0. The zero-order valence-electron chi connectivity index (χ0n) is 9.70. The number of carboxylic acid groups (broad SMARTS) is 1. The maximum absolute atomic E-state index is 11.7. The molecule has 16 heavy (non-hydrogen) atoms. The number of aliphatic carboxylic acids is 1. The van der Waals surface area contributed by atoms with Crippen molar-refractivity contribution in [2.75, 3.05) is 0 Å². The second-order valence-electron chi connectivity index (χ2n) is 5.20. The fourth-order valence-corrected chi connectivity index (χ4v) is 3.24. The van der Waals surface area contributed by atoms with Crippen molar-refractivity contribution in [3.05, 3.63) is 0 Å². The first-order valence-corrected chi connectivity index (χ1v) is 6.61. The van der Waals surface area contributed by atoms with Gasteiger partial charge in [-0.3, -0.25) is 4.79 Å². The van der Waals surface area contributed by atoms with E-state index in [1.165, 1.54) is 0 Å². The molecule has 1 saturated carbocycles. The summed E-state index contributed by atoms with van der Waals surface area (Å²) in [6.07, 6.45) is 1.41. The minimum Gasteiger partial charge on any atom is -0.480 e. The lowest BCUT2D eigenvalue weighted by Gasteiger charge is -2.38. The summed E-state index contributed by atoms with van der Waals surface area (Å²) in [5.74, 6) is -1.11. The van der Waals surface area contributed by atoms with Crippen LogP contribution in [-0.4, -0.2) is 30.6 Å². The number of hydrogen-bond donors (Lipinski definition) is 3. The molecule has 1 fully saturated rings. The second kappa shape index (κ2) is 3.97. The molecule has 94 valence electrons. The molecule has 0 atom stereocenters. The van der Waals surface area contributed by atoms with Gasteiger partial charge in [-0.1, -0.05) is 0 Å². The van der Waals surface area contributed by atoms with Gasteiger partial charge < -0.3 is 5.11 Å². The summed E-state index contributed by atoms with van der Waals surface area (Å²) in [4.78, 5) is 11.0. The summed E-state index contributed by atoms with van der Waals surface area (Å²) in [5, 5.41) is 8.99. The Bertz CT molecular complexity index is 379. The lowest BCUT2D eigenvalue weighted by atomic mass is 9.78. The predicted molar refractivity (Wildman–Crippen MR) is 59.2 cm³/mol. The van der Waals surface area contributed by atoms with E-state index >= 15 is 0 Å². The second-order valence-corrected chi connectivity index (χ2v) is 6.61. The summed E-state index contributed by atoms with van der Waals surface area (Å²) in [5.41, 5.74) is -1.94. The Balaban J connectivity index is 2.76. The Kier molecular flexibility index (Phi) is 3.33. The minimum atomic E-state index is -3.78. The van der Waals surface area contributed by atoms with Gasteiger partial charge in [-0.2, -0.15) is 17.9 Å². The van der Waals surface area contributed by atoms with Crippen LogP contribution in [0.4, 0.5) is 0 Å². The Hall–Kier alpha value is -0.660. The number of rotatable bonds is 4. The van der Waals surface area contributed by atoms with Crippen molar-refractivity contribution in [2.24, 2.45) is 0 Å². The molecule has 0 heterocycles. The maximum Gasteiger partial charge on any atom is 0.324 e. The van der Waals surface area contributed by atoms with Gasteiger partial charge in [-0.15, -0.1) is 0 Å². The molecule has 1 aliphatic rings. The topological polar surface area (TPSA) is 95.5 Å². The van der Waals surface area contributed by atoms with E-state index < -0.39 is 27.3 Å².